The minimum absolute atomic E-state index is 0.671. The average molecular weight is 240 g/mol. The molecule has 1 N–H and O–H groups in total. The van der Waals surface area contributed by atoms with Crippen molar-refractivity contribution in [1.29, 1.82) is 0 Å². The Bertz CT molecular complexity index is 542. The molecule has 18 heavy (non-hydrogen) atoms. The monoisotopic (exact) mass is 240 g/mol. The van der Waals surface area contributed by atoms with Crippen molar-refractivity contribution in [3.05, 3.63) is 41.7 Å². The number of pyridine rings is 1. The van der Waals surface area contributed by atoms with Gasteiger partial charge in [-0.05, 0) is 54.8 Å². The van der Waals surface area contributed by atoms with Crippen LogP contribution < -0.4 is 5.32 Å². The third-order valence-electron chi connectivity index (χ3n) is 3.93. The van der Waals surface area contributed by atoms with Crippen molar-refractivity contribution in [3.8, 4) is 0 Å². The van der Waals surface area contributed by atoms with E-state index in [1.165, 1.54) is 41.3 Å². The zero-order valence-corrected chi connectivity index (χ0v) is 10.9. The van der Waals surface area contributed by atoms with Crippen LogP contribution in [0.5, 0.6) is 0 Å². The molecule has 2 heterocycles. The summed E-state index contributed by atoms with van der Waals surface area (Å²) in [5.41, 5.74) is 2.77. The van der Waals surface area contributed by atoms with Crippen LogP contribution in [0.1, 0.15) is 30.9 Å². The molecule has 2 heteroatoms. The van der Waals surface area contributed by atoms with Gasteiger partial charge in [0.15, 0.2) is 0 Å². The van der Waals surface area contributed by atoms with Crippen LogP contribution in [0.2, 0.25) is 0 Å². The molecular formula is C16H20N2. The molecule has 1 aromatic carbocycles. The van der Waals surface area contributed by atoms with Crippen molar-refractivity contribution < 1.29 is 0 Å². The van der Waals surface area contributed by atoms with Crippen LogP contribution in [0, 0.1) is 0 Å². The SMILES string of the molecule is CCc1cncc2cc(CC3CCCN3)ccc12. The second-order valence-electron chi connectivity index (χ2n) is 5.21. The lowest BCUT2D eigenvalue weighted by Crippen LogP contribution is -2.23. The Kier molecular flexibility index (Phi) is 3.28. The molecule has 94 valence electrons. The molecule has 0 saturated carbocycles. The number of rotatable bonds is 3. The highest BCUT2D eigenvalue weighted by Crippen LogP contribution is 2.21. The summed E-state index contributed by atoms with van der Waals surface area (Å²) in [7, 11) is 0. The molecule has 1 atom stereocenters. The van der Waals surface area contributed by atoms with Crippen molar-refractivity contribution in [2.24, 2.45) is 0 Å². The molecule has 0 amide bonds. The summed E-state index contributed by atoms with van der Waals surface area (Å²) in [5, 5.41) is 6.20. The first-order valence-corrected chi connectivity index (χ1v) is 6.95. The minimum Gasteiger partial charge on any atom is -0.314 e. The standard InChI is InChI=1S/C16H20N2/c1-2-13-10-17-11-14-8-12(5-6-16(13)14)9-15-4-3-7-18-15/h5-6,8,10-11,15,18H,2-4,7,9H2,1H3. The molecule has 0 radical (unpaired) electrons. The third-order valence-corrected chi connectivity index (χ3v) is 3.93. The molecule has 0 aliphatic carbocycles. The summed E-state index contributed by atoms with van der Waals surface area (Å²) in [6, 6.07) is 7.52. The molecule has 1 aromatic heterocycles. The quantitative estimate of drug-likeness (QED) is 0.891. The molecule has 2 aromatic rings. The summed E-state index contributed by atoms with van der Waals surface area (Å²) in [6.45, 7) is 3.37. The Hall–Kier alpha value is -1.41. The van der Waals surface area contributed by atoms with E-state index in [4.69, 9.17) is 0 Å². The van der Waals surface area contributed by atoms with Crippen LogP contribution in [0.4, 0.5) is 0 Å². The fourth-order valence-electron chi connectivity index (χ4n) is 2.91. The number of aromatic nitrogens is 1. The van der Waals surface area contributed by atoms with Crippen LogP contribution in [-0.2, 0) is 12.8 Å². The summed E-state index contributed by atoms with van der Waals surface area (Å²) < 4.78 is 0. The summed E-state index contributed by atoms with van der Waals surface area (Å²) in [5.74, 6) is 0. The molecule has 3 rings (SSSR count). The molecule has 1 saturated heterocycles. The van der Waals surface area contributed by atoms with Gasteiger partial charge in [-0.3, -0.25) is 4.98 Å². The van der Waals surface area contributed by atoms with Crippen LogP contribution in [0.25, 0.3) is 10.8 Å². The van der Waals surface area contributed by atoms with E-state index in [9.17, 15) is 0 Å². The zero-order valence-electron chi connectivity index (χ0n) is 10.9. The highest BCUT2D eigenvalue weighted by Gasteiger charge is 2.14. The molecule has 0 bridgehead atoms. The lowest BCUT2D eigenvalue weighted by Gasteiger charge is -2.11. The second kappa shape index (κ2) is 5.07. The second-order valence-corrected chi connectivity index (χ2v) is 5.21. The predicted octanol–water partition coefficient (Wildman–Crippen LogP) is 3.09. The first-order chi connectivity index (χ1) is 8.86. The van der Waals surface area contributed by atoms with Crippen molar-refractivity contribution in [2.75, 3.05) is 6.54 Å². The maximum absolute atomic E-state index is 4.34. The molecule has 2 nitrogen and oxygen atoms in total. The third kappa shape index (κ3) is 2.25. The van der Waals surface area contributed by atoms with Gasteiger partial charge in [0.1, 0.15) is 0 Å². The highest BCUT2D eigenvalue weighted by molar-refractivity contribution is 5.85. The number of hydrogen-bond donors (Lipinski definition) is 1. The Balaban J connectivity index is 1.90. The van der Waals surface area contributed by atoms with Gasteiger partial charge in [0.25, 0.3) is 0 Å². The van der Waals surface area contributed by atoms with Crippen LogP contribution >= 0.6 is 0 Å². The largest absolute Gasteiger partial charge is 0.314 e. The fourth-order valence-corrected chi connectivity index (χ4v) is 2.91. The molecule has 1 fully saturated rings. The van der Waals surface area contributed by atoms with E-state index in [0.717, 1.165) is 12.8 Å². The van der Waals surface area contributed by atoms with Gasteiger partial charge in [0.05, 0.1) is 0 Å². The smallest absolute Gasteiger partial charge is 0.0346 e. The van der Waals surface area contributed by atoms with E-state index in [0.29, 0.717) is 6.04 Å². The Morgan fingerprint density at radius 1 is 1.33 bits per heavy atom. The van der Waals surface area contributed by atoms with E-state index in [1.807, 2.05) is 12.4 Å². The van der Waals surface area contributed by atoms with E-state index >= 15 is 0 Å². The minimum atomic E-state index is 0.671. The maximum atomic E-state index is 4.34. The normalized spacial score (nSPS) is 19.5. The lowest BCUT2D eigenvalue weighted by atomic mass is 9.99. The van der Waals surface area contributed by atoms with Gasteiger partial charge >= 0.3 is 0 Å². The van der Waals surface area contributed by atoms with Gasteiger partial charge in [-0.25, -0.2) is 0 Å². The van der Waals surface area contributed by atoms with Gasteiger partial charge < -0.3 is 5.32 Å². The van der Waals surface area contributed by atoms with Crippen molar-refractivity contribution in [1.82, 2.24) is 10.3 Å². The number of aryl methyl sites for hydroxylation is 1. The first-order valence-electron chi connectivity index (χ1n) is 6.95. The van der Waals surface area contributed by atoms with E-state index in [2.05, 4.69) is 35.4 Å². The molecule has 1 aliphatic rings. The van der Waals surface area contributed by atoms with Crippen molar-refractivity contribution >= 4 is 10.8 Å². The lowest BCUT2D eigenvalue weighted by molar-refractivity contribution is 0.603. The first kappa shape index (κ1) is 11.7. The number of benzene rings is 1. The average Bonchev–Trinajstić information content (AvgIpc) is 2.90. The molecule has 1 aliphatic heterocycles. The van der Waals surface area contributed by atoms with Crippen molar-refractivity contribution in [3.63, 3.8) is 0 Å². The Morgan fingerprint density at radius 3 is 3.06 bits per heavy atom. The Labute approximate surface area is 108 Å². The van der Waals surface area contributed by atoms with Gasteiger partial charge in [-0.2, -0.15) is 0 Å². The molecular weight excluding hydrogens is 220 g/mol. The number of nitrogens with one attached hydrogen (secondary N) is 1. The van der Waals surface area contributed by atoms with Crippen molar-refractivity contribution in [2.45, 2.75) is 38.6 Å². The van der Waals surface area contributed by atoms with Crippen LogP contribution in [-0.4, -0.2) is 17.6 Å². The molecule has 0 spiro atoms. The summed E-state index contributed by atoms with van der Waals surface area (Å²) in [4.78, 5) is 4.34. The van der Waals surface area contributed by atoms with E-state index < -0.39 is 0 Å². The maximum Gasteiger partial charge on any atom is 0.0346 e. The van der Waals surface area contributed by atoms with Gasteiger partial charge in [-0.15, -0.1) is 0 Å². The molecule has 1 unspecified atom stereocenters. The fraction of sp³-hybridized carbons (Fsp3) is 0.438. The summed E-state index contributed by atoms with van der Waals surface area (Å²) >= 11 is 0. The Morgan fingerprint density at radius 2 is 2.28 bits per heavy atom. The van der Waals surface area contributed by atoms with E-state index in [-0.39, 0.29) is 0 Å². The number of hydrogen-bond acceptors (Lipinski definition) is 2. The topological polar surface area (TPSA) is 24.9 Å². The van der Waals surface area contributed by atoms with Gasteiger partial charge in [0, 0.05) is 23.8 Å². The highest BCUT2D eigenvalue weighted by atomic mass is 14.9. The van der Waals surface area contributed by atoms with Gasteiger partial charge in [-0.1, -0.05) is 19.1 Å². The number of fused-ring (bicyclic) bond motifs is 1. The van der Waals surface area contributed by atoms with Gasteiger partial charge in [0.2, 0.25) is 0 Å². The summed E-state index contributed by atoms with van der Waals surface area (Å²) in [6.07, 6.45) is 8.80. The van der Waals surface area contributed by atoms with Crippen LogP contribution in [0.15, 0.2) is 30.6 Å². The van der Waals surface area contributed by atoms with Crippen LogP contribution in [0.3, 0.4) is 0 Å². The number of nitrogens with zero attached hydrogens (tertiary/aromatic N) is 1. The van der Waals surface area contributed by atoms with E-state index in [1.54, 1.807) is 0 Å². The predicted molar refractivity (Wildman–Crippen MR) is 75.8 cm³/mol. The zero-order chi connectivity index (χ0) is 12.4.